The number of amides is 1. The van der Waals surface area contributed by atoms with Crippen molar-refractivity contribution in [1.82, 2.24) is 9.71 Å². The zero-order valence-corrected chi connectivity index (χ0v) is 27.2. The number of nitrogens with zero attached hydrogens (tertiary/aromatic N) is 1. The minimum Gasteiger partial charge on any atom is -0.490 e. The number of benzene rings is 3. The molecule has 0 saturated carbocycles. The van der Waals surface area contributed by atoms with Crippen molar-refractivity contribution in [2.45, 2.75) is 48.9 Å². The highest BCUT2D eigenvalue weighted by Gasteiger charge is 2.38. The van der Waals surface area contributed by atoms with Crippen LogP contribution in [0, 0.1) is 0 Å². The zero-order valence-electron chi connectivity index (χ0n) is 25.6. The van der Waals surface area contributed by atoms with Crippen LogP contribution in [0.3, 0.4) is 0 Å². The number of carboxylic acid groups (broad SMARTS) is 1. The summed E-state index contributed by atoms with van der Waals surface area (Å²) in [4.78, 5) is 25.8. The summed E-state index contributed by atoms with van der Waals surface area (Å²) in [6.45, 7) is 5.87. The molecule has 0 bridgehead atoms. The number of pyridine rings is 1. The van der Waals surface area contributed by atoms with Gasteiger partial charge in [-0.2, -0.15) is 13.2 Å². The van der Waals surface area contributed by atoms with E-state index in [4.69, 9.17) is 24.5 Å². The van der Waals surface area contributed by atoms with E-state index in [0.717, 1.165) is 29.0 Å². The Hall–Kier alpha value is -4.94. The molecule has 13 nitrogen and oxygen atoms in total. The quantitative estimate of drug-likeness (QED) is 0.172. The second-order valence-electron chi connectivity index (χ2n) is 10.1. The third-order valence-electron chi connectivity index (χ3n) is 6.10. The lowest BCUT2D eigenvalue weighted by Crippen LogP contribution is -2.37. The molecule has 5 N–H and O–H groups in total. The Morgan fingerprint density at radius 1 is 0.938 bits per heavy atom. The smallest absolute Gasteiger partial charge is 0.490 e. The Balaban J connectivity index is 0.000000804. The molecule has 1 aromatic heterocycles. The number of aromatic nitrogens is 1. The monoisotopic (exact) mass is 712 g/mol. The maximum atomic E-state index is 13.6. The van der Waals surface area contributed by atoms with Gasteiger partial charge >= 0.3 is 12.1 Å². The number of primary sulfonamides is 1. The van der Waals surface area contributed by atoms with Crippen LogP contribution in [0.2, 0.25) is 0 Å². The van der Waals surface area contributed by atoms with Gasteiger partial charge in [0.05, 0.1) is 22.5 Å². The third kappa shape index (κ3) is 10.3. The van der Waals surface area contributed by atoms with Crippen molar-refractivity contribution in [2.24, 2.45) is 5.14 Å². The molecule has 1 amide bonds. The molecular weight excluding hydrogens is 681 g/mol. The standard InChI is InChI=1S/C28H30N4O7S2.C2HF3O2/c1-4-38-26-15-20(9-11-25(26)39-18(2)3)27(31-22-10-8-21-17-30-13-12-19(21)14-22)28(33)32-41(36,37)24-7-5-6-23(16-24)40(29,34)35;3-2(4,5)1(6)7/h5-18,27,31H,4H2,1-3H3,(H,32,33)(H2,29,34,35);(H,6,7). The minimum atomic E-state index is -5.08. The van der Waals surface area contributed by atoms with E-state index in [2.05, 4.69) is 15.0 Å². The Labute approximate surface area is 274 Å². The molecular formula is C30H31F3N4O9S2. The second kappa shape index (κ2) is 15.3. The van der Waals surface area contributed by atoms with Gasteiger partial charge in [0.2, 0.25) is 10.0 Å². The summed E-state index contributed by atoms with van der Waals surface area (Å²) >= 11 is 0. The number of anilines is 1. The van der Waals surface area contributed by atoms with Crippen molar-refractivity contribution in [3.63, 3.8) is 0 Å². The fraction of sp³-hybridized carbons (Fsp3) is 0.233. The number of ether oxygens (including phenoxy) is 2. The molecule has 1 unspecified atom stereocenters. The van der Waals surface area contributed by atoms with E-state index in [1.54, 1.807) is 49.6 Å². The van der Waals surface area contributed by atoms with Crippen molar-refractivity contribution in [1.29, 1.82) is 0 Å². The van der Waals surface area contributed by atoms with Crippen molar-refractivity contribution >= 4 is 48.4 Å². The number of sulfonamides is 2. The second-order valence-corrected chi connectivity index (χ2v) is 13.4. The number of carboxylic acids is 1. The highest BCUT2D eigenvalue weighted by molar-refractivity contribution is 7.90. The van der Waals surface area contributed by atoms with E-state index in [9.17, 15) is 34.8 Å². The van der Waals surface area contributed by atoms with Crippen molar-refractivity contribution in [3.05, 3.63) is 84.7 Å². The maximum absolute atomic E-state index is 13.6. The number of hydrogen-bond acceptors (Lipinski definition) is 10. The van der Waals surface area contributed by atoms with Gasteiger partial charge in [0.15, 0.2) is 11.5 Å². The summed E-state index contributed by atoms with van der Waals surface area (Å²) in [6, 6.07) is 15.3. The van der Waals surface area contributed by atoms with Crippen molar-refractivity contribution < 1.29 is 54.2 Å². The predicted octanol–water partition coefficient (Wildman–Crippen LogP) is 4.36. The molecule has 48 heavy (non-hydrogen) atoms. The summed E-state index contributed by atoms with van der Waals surface area (Å²) in [5.41, 5.74) is 0.934. The van der Waals surface area contributed by atoms with Crippen molar-refractivity contribution in [2.75, 3.05) is 11.9 Å². The van der Waals surface area contributed by atoms with Gasteiger partial charge in [-0.3, -0.25) is 9.78 Å². The molecule has 1 atom stereocenters. The number of nitrogens with one attached hydrogen (secondary N) is 2. The van der Waals surface area contributed by atoms with E-state index in [0.29, 0.717) is 29.4 Å². The predicted molar refractivity (Wildman–Crippen MR) is 168 cm³/mol. The maximum Gasteiger partial charge on any atom is 0.490 e. The third-order valence-corrected chi connectivity index (χ3v) is 8.35. The topological polar surface area (TPSA) is 204 Å². The fourth-order valence-electron chi connectivity index (χ4n) is 4.03. The van der Waals surface area contributed by atoms with Crippen molar-refractivity contribution in [3.8, 4) is 11.5 Å². The average Bonchev–Trinajstić information content (AvgIpc) is 3.00. The summed E-state index contributed by atoms with van der Waals surface area (Å²) in [5.74, 6) is -2.82. The van der Waals surface area contributed by atoms with Gasteiger partial charge in [0.1, 0.15) is 6.04 Å². The Morgan fingerprint density at radius 3 is 2.21 bits per heavy atom. The summed E-state index contributed by atoms with van der Waals surface area (Å²) < 4.78 is 95.3. The van der Waals surface area contributed by atoms with Gasteiger partial charge < -0.3 is 19.9 Å². The van der Waals surface area contributed by atoms with Gasteiger partial charge in [-0.25, -0.2) is 31.5 Å². The fourth-order valence-corrected chi connectivity index (χ4v) is 5.71. The summed E-state index contributed by atoms with van der Waals surface area (Å²) in [7, 11) is -8.67. The minimum absolute atomic E-state index is 0.136. The number of hydrogen-bond donors (Lipinski definition) is 4. The van der Waals surface area contributed by atoms with Crippen LogP contribution in [-0.2, 0) is 29.6 Å². The molecule has 0 fully saturated rings. The molecule has 0 aliphatic carbocycles. The molecule has 1 heterocycles. The first-order valence-corrected chi connectivity index (χ1v) is 16.9. The number of carbonyl (C=O) groups excluding carboxylic acids is 1. The first-order chi connectivity index (χ1) is 22.3. The molecule has 0 spiro atoms. The lowest BCUT2D eigenvalue weighted by Gasteiger charge is -2.22. The number of halogens is 3. The van der Waals surface area contributed by atoms with Crippen LogP contribution in [0.1, 0.15) is 32.4 Å². The molecule has 258 valence electrons. The van der Waals surface area contributed by atoms with Gasteiger partial charge in [0, 0.05) is 23.5 Å². The lowest BCUT2D eigenvalue weighted by atomic mass is 10.0. The number of aliphatic carboxylic acids is 1. The Morgan fingerprint density at radius 2 is 1.60 bits per heavy atom. The van der Waals surface area contributed by atoms with Crippen LogP contribution in [0.4, 0.5) is 18.9 Å². The molecule has 0 saturated heterocycles. The number of alkyl halides is 3. The lowest BCUT2D eigenvalue weighted by molar-refractivity contribution is -0.192. The van der Waals surface area contributed by atoms with Crippen LogP contribution >= 0.6 is 0 Å². The van der Waals surface area contributed by atoms with Gasteiger partial charge in [-0.15, -0.1) is 0 Å². The highest BCUT2D eigenvalue weighted by atomic mass is 32.2. The van der Waals surface area contributed by atoms with E-state index >= 15 is 0 Å². The first-order valence-electron chi connectivity index (χ1n) is 13.8. The van der Waals surface area contributed by atoms with E-state index in [1.807, 2.05) is 26.0 Å². The number of nitrogens with two attached hydrogens (primary N) is 1. The first kappa shape index (κ1) is 37.5. The van der Waals surface area contributed by atoms with Crippen LogP contribution in [0.5, 0.6) is 11.5 Å². The van der Waals surface area contributed by atoms with Crippen LogP contribution < -0.4 is 24.7 Å². The number of rotatable bonds is 11. The van der Waals surface area contributed by atoms with Gasteiger partial charge in [-0.05, 0) is 80.3 Å². The normalized spacial score (nSPS) is 12.4. The van der Waals surface area contributed by atoms with E-state index < -0.39 is 53.9 Å². The van der Waals surface area contributed by atoms with Crippen LogP contribution in [-0.4, -0.2) is 57.7 Å². The molecule has 0 aliphatic rings. The average molecular weight is 713 g/mol. The molecule has 3 aromatic carbocycles. The van der Waals surface area contributed by atoms with Gasteiger partial charge in [-0.1, -0.05) is 18.2 Å². The summed E-state index contributed by atoms with van der Waals surface area (Å²) in [5, 5.41) is 17.1. The van der Waals surface area contributed by atoms with E-state index in [1.165, 1.54) is 6.07 Å². The summed E-state index contributed by atoms with van der Waals surface area (Å²) in [6.07, 6.45) is -1.88. The van der Waals surface area contributed by atoms with Crippen LogP contribution in [0.15, 0.2) is 88.9 Å². The number of fused-ring (bicyclic) bond motifs is 1. The molecule has 4 rings (SSSR count). The number of carbonyl (C=O) groups is 2. The molecule has 0 aliphatic heterocycles. The van der Waals surface area contributed by atoms with E-state index in [-0.39, 0.29) is 6.10 Å². The molecule has 18 heteroatoms. The SMILES string of the molecule is CCOc1cc(C(Nc2ccc3cnccc3c2)C(=O)NS(=O)(=O)c2cccc(S(N)(=O)=O)c2)ccc1OC(C)C.O=C(O)C(F)(F)F. The Bertz CT molecular complexity index is 2010. The molecule has 0 radical (unpaired) electrons. The Kier molecular flexibility index (Phi) is 12.0. The zero-order chi connectivity index (χ0) is 35.9. The largest absolute Gasteiger partial charge is 0.490 e. The molecule has 4 aromatic rings. The van der Waals surface area contributed by atoms with Crippen LogP contribution in [0.25, 0.3) is 10.8 Å². The highest BCUT2D eigenvalue weighted by Crippen LogP contribution is 2.33. The van der Waals surface area contributed by atoms with Gasteiger partial charge in [0.25, 0.3) is 15.9 Å².